The van der Waals surface area contributed by atoms with E-state index in [9.17, 15) is 0 Å². The fraction of sp³-hybridized carbons (Fsp3) is 0.455. The van der Waals surface area contributed by atoms with Crippen LogP contribution in [0.1, 0.15) is 30.9 Å². The van der Waals surface area contributed by atoms with Crippen LogP contribution in [0.5, 0.6) is 0 Å². The quantitative estimate of drug-likeness (QED) is 0.664. The van der Waals surface area contributed by atoms with Gasteiger partial charge in [0.1, 0.15) is 0 Å². The Morgan fingerprint density at radius 3 is 2.62 bits per heavy atom. The average Bonchev–Trinajstić information content (AvgIpc) is 2.20. The summed E-state index contributed by atoms with van der Waals surface area (Å²) in [5.41, 5.74) is 1.35. The van der Waals surface area contributed by atoms with Crippen molar-refractivity contribution in [1.29, 1.82) is 0 Å². The molecular weight excluding hydrogens is 160 g/mol. The standard InChI is InChI=1S/C11H16N2/c12-13-9-5-4-8-11(13)10-6-2-1-3-7-10/h1-3,6-7,11H,4-5,8-9,12H2. The Hall–Kier alpha value is -0.860. The SMILES string of the molecule is NN1CCCCC1c1ccccc1. The van der Waals surface area contributed by atoms with Crippen molar-refractivity contribution in [1.82, 2.24) is 5.01 Å². The lowest BCUT2D eigenvalue weighted by Crippen LogP contribution is -2.38. The van der Waals surface area contributed by atoms with E-state index in [2.05, 4.69) is 24.3 Å². The summed E-state index contributed by atoms with van der Waals surface area (Å²) in [6.07, 6.45) is 3.73. The van der Waals surface area contributed by atoms with Crippen molar-refractivity contribution in [2.75, 3.05) is 6.54 Å². The Morgan fingerprint density at radius 2 is 1.92 bits per heavy atom. The van der Waals surface area contributed by atoms with E-state index < -0.39 is 0 Å². The van der Waals surface area contributed by atoms with Gasteiger partial charge in [0.25, 0.3) is 0 Å². The maximum Gasteiger partial charge on any atom is 0.0490 e. The molecule has 2 nitrogen and oxygen atoms in total. The number of hydrazine groups is 1. The van der Waals surface area contributed by atoms with Gasteiger partial charge in [-0.1, -0.05) is 36.8 Å². The number of hydrogen-bond acceptors (Lipinski definition) is 2. The summed E-state index contributed by atoms with van der Waals surface area (Å²) < 4.78 is 0. The second-order valence-corrected chi connectivity index (χ2v) is 3.66. The van der Waals surface area contributed by atoms with Gasteiger partial charge < -0.3 is 0 Å². The molecule has 0 spiro atoms. The predicted molar refractivity (Wildman–Crippen MR) is 53.9 cm³/mol. The van der Waals surface area contributed by atoms with Gasteiger partial charge in [0, 0.05) is 12.6 Å². The topological polar surface area (TPSA) is 29.3 Å². The molecule has 1 heterocycles. The Kier molecular flexibility index (Phi) is 2.62. The summed E-state index contributed by atoms with van der Waals surface area (Å²) in [4.78, 5) is 0. The highest BCUT2D eigenvalue weighted by Crippen LogP contribution is 2.27. The first kappa shape index (κ1) is 8.73. The number of nitrogens with two attached hydrogens (primary N) is 1. The van der Waals surface area contributed by atoms with Crippen LogP contribution in [-0.4, -0.2) is 11.6 Å². The van der Waals surface area contributed by atoms with Gasteiger partial charge >= 0.3 is 0 Å². The highest BCUT2D eigenvalue weighted by molar-refractivity contribution is 5.19. The fourth-order valence-corrected chi connectivity index (χ4v) is 1.99. The summed E-state index contributed by atoms with van der Waals surface area (Å²) in [6, 6.07) is 11.0. The predicted octanol–water partition coefficient (Wildman–Crippen LogP) is 2.09. The van der Waals surface area contributed by atoms with Crippen LogP contribution >= 0.6 is 0 Å². The van der Waals surface area contributed by atoms with E-state index in [1.807, 2.05) is 11.1 Å². The van der Waals surface area contributed by atoms with Crippen molar-refractivity contribution in [2.24, 2.45) is 5.84 Å². The molecule has 2 N–H and O–H groups in total. The van der Waals surface area contributed by atoms with E-state index in [0.29, 0.717) is 6.04 Å². The summed E-state index contributed by atoms with van der Waals surface area (Å²) in [5.74, 6) is 5.94. The van der Waals surface area contributed by atoms with Gasteiger partial charge in [-0.15, -0.1) is 0 Å². The molecule has 0 aliphatic carbocycles. The first-order chi connectivity index (χ1) is 6.38. The second-order valence-electron chi connectivity index (χ2n) is 3.66. The minimum atomic E-state index is 0.440. The summed E-state index contributed by atoms with van der Waals surface area (Å²) >= 11 is 0. The molecule has 2 rings (SSSR count). The van der Waals surface area contributed by atoms with Gasteiger partial charge in [0.2, 0.25) is 0 Å². The molecule has 0 aromatic heterocycles. The largest absolute Gasteiger partial charge is 0.268 e. The Bertz CT molecular complexity index is 258. The van der Waals surface area contributed by atoms with Gasteiger partial charge in [-0.3, -0.25) is 5.84 Å². The number of piperidine rings is 1. The van der Waals surface area contributed by atoms with Gasteiger partial charge in [0.15, 0.2) is 0 Å². The van der Waals surface area contributed by atoms with Crippen molar-refractivity contribution >= 4 is 0 Å². The summed E-state index contributed by atoms with van der Waals surface area (Å²) in [5, 5.41) is 1.97. The van der Waals surface area contributed by atoms with Crippen molar-refractivity contribution in [3.8, 4) is 0 Å². The van der Waals surface area contributed by atoms with Crippen LogP contribution in [0, 0.1) is 0 Å². The zero-order valence-electron chi connectivity index (χ0n) is 7.82. The van der Waals surface area contributed by atoms with E-state index in [0.717, 1.165) is 6.54 Å². The maximum absolute atomic E-state index is 5.94. The highest BCUT2D eigenvalue weighted by Gasteiger charge is 2.20. The third-order valence-electron chi connectivity index (χ3n) is 2.73. The van der Waals surface area contributed by atoms with Crippen molar-refractivity contribution in [2.45, 2.75) is 25.3 Å². The van der Waals surface area contributed by atoms with E-state index in [-0.39, 0.29) is 0 Å². The molecule has 0 amide bonds. The highest BCUT2D eigenvalue weighted by atomic mass is 15.4. The lowest BCUT2D eigenvalue weighted by Gasteiger charge is -2.32. The lowest BCUT2D eigenvalue weighted by atomic mass is 9.97. The van der Waals surface area contributed by atoms with Gasteiger partial charge in [-0.25, -0.2) is 5.01 Å². The lowest BCUT2D eigenvalue weighted by molar-refractivity contribution is 0.151. The Balaban J connectivity index is 2.15. The molecule has 1 aromatic carbocycles. The van der Waals surface area contributed by atoms with Crippen LogP contribution in [0.4, 0.5) is 0 Å². The molecule has 0 bridgehead atoms. The molecule has 1 aliphatic heterocycles. The van der Waals surface area contributed by atoms with Crippen LogP contribution in [0.2, 0.25) is 0 Å². The molecule has 1 aliphatic rings. The molecule has 1 unspecified atom stereocenters. The average molecular weight is 176 g/mol. The van der Waals surface area contributed by atoms with E-state index in [4.69, 9.17) is 5.84 Å². The van der Waals surface area contributed by atoms with Crippen LogP contribution in [0.3, 0.4) is 0 Å². The normalized spacial score (nSPS) is 24.5. The molecule has 0 saturated carbocycles. The van der Waals surface area contributed by atoms with Gasteiger partial charge in [0.05, 0.1) is 0 Å². The van der Waals surface area contributed by atoms with Crippen LogP contribution < -0.4 is 5.84 Å². The molecule has 2 heteroatoms. The number of nitrogens with zero attached hydrogens (tertiary/aromatic N) is 1. The number of benzene rings is 1. The smallest absolute Gasteiger partial charge is 0.0490 e. The summed E-state index contributed by atoms with van der Waals surface area (Å²) in [6.45, 7) is 1.03. The third kappa shape index (κ3) is 1.90. The van der Waals surface area contributed by atoms with Crippen molar-refractivity contribution < 1.29 is 0 Å². The first-order valence-electron chi connectivity index (χ1n) is 4.94. The monoisotopic (exact) mass is 176 g/mol. The molecule has 1 atom stereocenters. The van der Waals surface area contributed by atoms with Crippen LogP contribution in [0.25, 0.3) is 0 Å². The fourth-order valence-electron chi connectivity index (χ4n) is 1.99. The zero-order valence-corrected chi connectivity index (χ0v) is 7.82. The molecule has 13 heavy (non-hydrogen) atoms. The van der Waals surface area contributed by atoms with E-state index in [1.54, 1.807) is 0 Å². The van der Waals surface area contributed by atoms with Gasteiger partial charge in [-0.2, -0.15) is 0 Å². The molecule has 1 saturated heterocycles. The molecule has 0 radical (unpaired) electrons. The molecular formula is C11H16N2. The zero-order chi connectivity index (χ0) is 9.10. The maximum atomic E-state index is 5.94. The van der Waals surface area contributed by atoms with Gasteiger partial charge in [-0.05, 0) is 18.4 Å². The number of hydrogen-bond donors (Lipinski definition) is 1. The van der Waals surface area contributed by atoms with E-state index >= 15 is 0 Å². The second kappa shape index (κ2) is 3.90. The van der Waals surface area contributed by atoms with Crippen molar-refractivity contribution in [3.05, 3.63) is 35.9 Å². The van der Waals surface area contributed by atoms with E-state index in [1.165, 1.54) is 24.8 Å². The Labute approximate surface area is 79.3 Å². The van der Waals surface area contributed by atoms with Crippen LogP contribution in [-0.2, 0) is 0 Å². The molecule has 70 valence electrons. The number of rotatable bonds is 1. The molecule has 1 aromatic rings. The third-order valence-corrected chi connectivity index (χ3v) is 2.73. The first-order valence-corrected chi connectivity index (χ1v) is 4.94. The minimum absolute atomic E-state index is 0.440. The van der Waals surface area contributed by atoms with Crippen LogP contribution in [0.15, 0.2) is 30.3 Å². The Morgan fingerprint density at radius 1 is 1.15 bits per heavy atom. The minimum Gasteiger partial charge on any atom is -0.268 e. The van der Waals surface area contributed by atoms with Crippen molar-refractivity contribution in [3.63, 3.8) is 0 Å². The molecule has 1 fully saturated rings. The summed E-state index contributed by atoms with van der Waals surface area (Å²) in [7, 11) is 0.